The SMILES string of the molecule is COc1ccc(C2NCCN3CCC(=O)CC23)cc1OC. The highest BCUT2D eigenvalue weighted by atomic mass is 16.5. The van der Waals surface area contributed by atoms with E-state index in [4.69, 9.17) is 9.47 Å². The van der Waals surface area contributed by atoms with Crippen molar-refractivity contribution >= 4 is 5.78 Å². The Morgan fingerprint density at radius 2 is 2.00 bits per heavy atom. The molecule has 2 aliphatic rings. The molecule has 2 fully saturated rings. The Labute approximate surface area is 125 Å². The Morgan fingerprint density at radius 1 is 1.19 bits per heavy atom. The van der Waals surface area contributed by atoms with E-state index in [-0.39, 0.29) is 12.1 Å². The number of carbonyl (C=O) groups excluding carboxylic acids is 1. The highest BCUT2D eigenvalue weighted by Gasteiger charge is 2.36. The number of piperazine rings is 1. The predicted octanol–water partition coefficient (Wildman–Crippen LogP) is 1.38. The van der Waals surface area contributed by atoms with E-state index in [0.717, 1.165) is 36.7 Å². The molecule has 2 heterocycles. The van der Waals surface area contributed by atoms with E-state index in [1.807, 2.05) is 12.1 Å². The van der Waals surface area contributed by atoms with Crippen LogP contribution in [-0.2, 0) is 4.79 Å². The summed E-state index contributed by atoms with van der Waals surface area (Å²) in [5.41, 5.74) is 1.15. The largest absolute Gasteiger partial charge is 0.493 e. The number of fused-ring (bicyclic) bond motifs is 1. The summed E-state index contributed by atoms with van der Waals surface area (Å²) in [6.07, 6.45) is 1.32. The standard InChI is InChI=1S/C16H22N2O3/c1-20-14-4-3-11(9-15(14)21-2)16-13-10-12(19)5-7-18(13)8-6-17-16/h3-4,9,13,16-17H,5-8,10H2,1-2H3. The van der Waals surface area contributed by atoms with Gasteiger partial charge in [0.15, 0.2) is 11.5 Å². The third-order valence-electron chi connectivity index (χ3n) is 4.50. The number of ketones is 1. The van der Waals surface area contributed by atoms with Crippen LogP contribution in [0.15, 0.2) is 18.2 Å². The Hall–Kier alpha value is -1.59. The lowest BCUT2D eigenvalue weighted by molar-refractivity contribution is -0.124. The number of nitrogens with one attached hydrogen (secondary N) is 1. The summed E-state index contributed by atoms with van der Waals surface area (Å²) in [5.74, 6) is 1.83. The van der Waals surface area contributed by atoms with E-state index in [0.29, 0.717) is 18.6 Å². The number of hydrogen-bond acceptors (Lipinski definition) is 5. The molecule has 1 aromatic carbocycles. The highest BCUT2D eigenvalue weighted by Crippen LogP contribution is 2.34. The molecule has 0 spiro atoms. The summed E-state index contributed by atoms with van der Waals surface area (Å²) in [5, 5.41) is 3.55. The van der Waals surface area contributed by atoms with Crippen molar-refractivity contribution in [3.8, 4) is 11.5 Å². The number of hydrogen-bond donors (Lipinski definition) is 1. The fourth-order valence-electron chi connectivity index (χ4n) is 3.39. The van der Waals surface area contributed by atoms with Crippen LogP contribution >= 0.6 is 0 Å². The molecule has 1 N–H and O–H groups in total. The normalized spacial score (nSPS) is 26.3. The third-order valence-corrected chi connectivity index (χ3v) is 4.50. The summed E-state index contributed by atoms with van der Waals surface area (Å²) < 4.78 is 10.7. The molecule has 0 radical (unpaired) electrons. The van der Waals surface area contributed by atoms with Crippen LogP contribution < -0.4 is 14.8 Å². The molecule has 114 valence electrons. The number of carbonyl (C=O) groups is 1. The van der Waals surface area contributed by atoms with Crippen molar-refractivity contribution in [3.63, 3.8) is 0 Å². The van der Waals surface area contributed by atoms with Crippen molar-refractivity contribution in [1.29, 1.82) is 0 Å². The molecule has 0 saturated carbocycles. The van der Waals surface area contributed by atoms with Gasteiger partial charge in [-0.2, -0.15) is 0 Å². The van der Waals surface area contributed by atoms with Gasteiger partial charge in [-0.25, -0.2) is 0 Å². The van der Waals surface area contributed by atoms with Gasteiger partial charge in [0.1, 0.15) is 5.78 Å². The first kappa shape index (κ1) is 14.4. The number of nitrogens with zero attached hydrogens (tertiary/aromatic N) is 1. The third kappa shape index (κ3) is 2.76. The number of benzene rings is 1. The molecular formula is C16H22N2O3. The Balaban J connectivity index is 1.89. The molecule has 21 heavy (non-hydrogen) atoms. The Bertz CT molecular complexity index is 532. The molecule has 3 rings (SSSR count). The smallest absolute Gasteiger partial charge is 0.161 e. The molecule has 0 amide bonds. The topological polar surface area (TPSA) is 50.8 Å². The van der Waals surface area contributed by atoms with Crippen LogP contribution in [-0.4, -0.2) is 50.6 Å². The maximum absolute atomic E-state index is 11.8. The van der Waals surface area contributed by atoms with Crippen molar-refractivity contribution in [2.45, 2.75) is 24.9 Å². The lowest BCUT2D eigenvalue weighted by Crippen LogP contribution is -2.56. The van der Waals surface area contributed by atoms with E-state index in [1.165, 1.54) is 0 Å². The summed E-state index contributed by atoms with van der Waals surface area (Å²) in [4.78, 5) is 14.2. The molecule has 2 saturated heterocycles. The van der Waals surface area contributed by atoms with Gasteiger partial charge >= 0.3 is 0 Å². The average molecular weight is 290 g/mol. The minimum atomic E-state index is 0.169. The van der Waals surface area contributed by atoms with Gasteiger partial charge in [-0.05, 0) is 17.7 Å². The van der Waals surface area contributed by atoms with Crippen LogP contribution in [0, 0.1) is 0 Å². The van der Waals surface area contributed by atoms with E-state index in [2.05, 4.69) is 16.3 Å². The van der Waals surface area contributed by atoms with E-state index >= 15 is 0 Å². The van der Waals surface area contributed by atoms with Gasteiger partial charge in [0.2, 0.25) is 0 Å². The van der Waals surface area contributed by atoms with Gasteiger partial charge in [-0.1, -0.05) is 6.07 Å². The molecule has 0 aliphatic carbocycles. The van der Waals surface area contributed by atoms with Crippen LogP contribution in [0.2, 0.25) is 0 Å². The van der Waals surface area contributed by atoms with Crippen LogP contribution in [0.1, 0.15) is 24.4 Å². The lowest BCUT2D eigenvalue weighted by atomic mass is 9.88. The summed E-state index contributed by atoms with van der Waals surface area (Å²) in [7, 11) is 3.28. The average Bonchev–Trinajstić information content (AvgIpc) is 2.53. The predicted molar refractivity (Wildman–Crippen MR) is 79.9 cm³/mol. The fraction of sp³-hybridized carbons (Fsp3) is 0.562. The minimum Gasteiger partial charge on any atom is -0.493 e. The molecule has 2 unspecified atom stereocenters. The molecular weight excluding hydrogens is 268 g/mol. The molecule has 1 aromatic rings. The number of Topliss-reactive ketones (excluding diaryl/α,β-unsaturated/α-hetero) is 1. The van der Waals surface area contributed by atoms with Gasteiger partial charge in [-0.3, -0.25) is 9.69 Å². The van der Waals surface area contributed by atoms with E-state index in [9.17, 15) is 4.79 Å². The van der Waals surface area contributed by atoms with Crippen LogP contribution in [0.3, 0.4) is 0 Å². The van der Waals surface area contributed by atoms with Gasteiger partial charge in [-0.15, -0.1) is 0 Å². The van der Waals surface area contributed by atoms with Crippen molar-refractivity contribution in [2.75, 3.05) is 33.9 Å². The number of methoxy groups -OCH3 is 2. The molecule has 5 heteroatoms. The second-order valence-electron chi connectivity index (χ2n) is 5.64. The Kier molecular flexibility index (Phi) is 4.12. The van der Waals surface area contributed by atoms with Gasteiger partial charge in [0.25, 0.3) is 0 Å². The number of ether oxygens (including phenoxy) is 2. The number of rotatable bonds is 3. The van der Waals surface area contributed by atoms with Crippen molar-refractivity contribution in [2.24, 2.45) is 0 Å². The van der Waals surface area contributed by atoms with Crippen molar-refractivity contribution in [1.82, 2.24) is 10.2 Å². The summed E-state index contributed by atoms with van der Waals surface area (Å²) >= 11 is 0. The van der Waals surface area contributed by atoms with Gasteiger partial charge < -0.3 is 14.8 Å². The summed E-state index contributed by atoms with van der Waals surface area (Å²) in [6, 6.07) is 6.42. The quantitative estimate of drug-likeness (QED) is 0.911. The van der Waals surface area contributed by atoms with Crippen LogP contribution in [0.5, 0.6) is 11.5 Å². The van der Waals surface area contributed by atoms with Crippen molar-refractivity contribution in [3.05, 3.63) is 23.8 Å². The number of piperidine rings is 1. The van der Waals surface area contributed by atoms with Gasteiger partial charge in [0.05, 0.1) is 14.2 Å². The van der Waals surface area contributed by atoms with E-state index in [1.54, 1.807) is 14.2 Å². The van der Waals surface area contributed by atoms with Crippen LogP contribution in [0.4, 0.5) is 0 Å². The maximum atomic E-state index is 11.8. The van der Waals surface area contributed by atoms with Crippen LogP contribution in [0.25, 0.3) is 0 Å². The zero-order valence-electron chi connectivity index (χ0n) is 12.6. The second kappa shape index (κ2) is 6.03. The first-order valence-corrected chi connectivity index (χ1v) is 7.44. The lowest BCUT2D eigenvalue weighted by Gasteiger charge is -2.44. The minimum absolute atomic E-state index is 0.169. The molecule has 2 atom stereocenters. The summed E-state index contributed by atoms with van der Waals surface area (Å²) in [6.45, 7) is 2.85. The first-order valence-electron chi connectivity index (χ1n) is 7.44. The monoisotopic (exact) mass is 290 g/mol. The van der Waals surface area contributed by atoms with Gasteiger partial charge in [0, 0.05) is 44.6 Å². The molecule has 0 bridgehead atoms. The first-order chi connectivity index (χ1) is 10.2. The molecule has 2 aliphatic heterocycles. The molecule has 0 aromatic heterocycles. The zero-order valence-corrected chi connectivity index (χ0v) is 12.6. The molecule has 5 nitrogen and oxygen atoms in total. The highest BCUT2D eigenvalue weighted by molar-refractivity contribution is 5.80. The Morgan fingerprint density at radius 3 is 2.76 bits per heavy atom. The van der Waals surface area contributed by atoms with Crippen molar-refractivity contribution < 1.29 is 14.3 Å². The second-order valence-corrected chi connectivity index (χ2v) is 5.64. The fourth-order valence-corrected chi connectivity index (χ4v) is 3.39. The maximum Gasteiger partial charge on any atom is 0.161 e. The van der Waals surface area contributed by atoms with E-state index < -0.39 is 0 Å². The zero-order chi connectivity index (χ0) is 14.8.